The largest absolute Gasteiger partial charge is 0.384 e. The summed E-state index contributed by atoms with van der Waals surface area (Å²) in [4.78, 5) is 22.9. The number of aromatic nitrogens is 3. The van der Waals surface area contributed by atoms with E-state index in [0.29, 0.717) is 18.9 Å². The summed E-state index contributed by atoms with van der Waals surface area (Å²) in [6.45, 7) is 2.85. The smallest absolute Gasteiger partial charge is 0.224 e. The minimum atomic E-state index is 0.175. The van der Waals surface area contributed by atoms with E-state index in [1.807, 2.05) is 41.8 Å². The maximum absolute atomic E-state index is 12.3. The monoisotopic (exact) mass is 328 g/mol. The Morgan fingerprint density at radius 2 is 2.17 bits per heavy atom. The number of pyridine rings is 1. The highest BCUT2D eigenvalue weighted by molar-refractivity contribution is 5.76. The van der Waals surface area contributed by atoms with E-state index in [2.05, 4.69) is 14.5 Å². The van der Waals surface area contributed by atoms with Gasteiger partial charge in [-0.25, -0.2) is 4.98 Å². The third-order valence-corrected chi connectivity index (χ3v) is 4.51. The van der Waals surface area contributed by atoms with Crippen LogP contribution in [0.15, 0.2) is 36.9 Å². The average molecular weight is 328 g/mol. The first kappa shape index (κ1) is 16.6. The Hall–Kier alpha value is -2.21. The topological polar surface area (TPSA) is 60.2 Å². The van der Waals surface area contributed by atoms with Crippen molar-refractivity contribution in [3.63, 3.8) is 0 Å². The molecule has 0 bridgehead atoms. The molecule has 0 aliphatic carbocycles. The number of piperidine rings is 1. The number of carbonyl (C=O) groups excluding carboxylic acids is 1. The van der Waals surface area contributed by atoms with Crippen molar-refractivity contribution in [2.75, 3.05) is 26.8 Å². The molecule has 24 heavy (non-hydrogen) atoms. The Kier molecular flexibility index (Phi) is 5.59. The zero-order chi connectivity index (χ0) is 16.8. The van der Waals surface area contributed by atoms with E-state index in [-0.39, 0.29) is 5.91 Å². The van der Waals surface area contributed by atoms with E-state index in [0.717, 1.165) is 38.3 Å². The van der Waals surface area contributed by atoms with Crippen LogP contribution in [0.4, 0.5) is 0 Å². The second-order valence-electron chi connectivity index (χ2n) is 6.19. The van der Waals surface area contributed by atoms with Crippen LogP contribution in [0.1, 0.15) is 36.6 Å². The zero-order valence-electron chi connectivity index (χ0n) is 14.1. The van der Waals surface area contributed by atoms with Gasteiger partial charge in [-0.05, 0) is 30.5 Å². The van der Waals surface area contributed by atoms with E-state index < -0.39 is 0 Å². The molecule has 2 aromatic rings. The normalized spacial score (nSPS) is 17.9. The van der Waals surface area contributed by atoms with Crippen LogP contribution in [0, 0.1) is 0 Å². The number of hydrogen-bond acceptors (Lipinski definition) is 4. The molecule has 1 saturated heterocycles. The van der Waals surface area contributed by atoms with Crippen LogP contribution < -0.4 is 0 Å². The number of rotatable bonds is 6. The first-order valence-corrected chi connectivity index (χ1v) is 8.44. The van der Waals surface area contributed by atoms with E-state index in [1.165, 1.54) is 5.56 Å². The highest BCUT2D eigenvalue weighted by Crippen LogP contribution is 2.26. The van der Waals surface area contributed by atoms with Crippen LogP contribution in [0.25, 0.3) is 0 Å². The molecule has 6 heteroatoms. The summed E-state index contributed by atoms with van der Waals surface area (Å²) in [6.07, 6.45) is 10.0. The van der Waals surface area contributed by atoms with Gasteiger partial charge in [-0.2, -0.15) is 0 Å². The van der Waals surface area contributed by atoms with Gasteiger partial charge in [-0.3, -0.25) is 9.78 Å². The maximum atomic E-state index is 12.3. The number of methoxy groups -OCH3 is 1. The van der Waals surface area contributed by atoms with E-state index in [1.54, 1.807) is 7.11 Å². The lowest BCUT2D eigenvalue weighted by Gasteiger charge is -2.32. The molecular weight excluding hydrogens is 304 g/mol. The highest BCUT2D eigenvalue weighted by atomic mass is 16.5. The molecule has 128 valence electrons. The molecule has 1 unspecified atom stereocenters. The summed E-state index contributed by atoms with van der Waals surface area (Å²) in [5, 5.41) is 0. The van der Waals surface area contributed by atoms with Crippen molar-refractivity contribution in [2.24, 2.45) is 0 Å². The average Bonchev–Trinajstić information content (AvgIpc) is 3.09. The second kappa shape index (κ2) is 8.06. The van der Waals surface area contributed by atoms with Crippen molar-refractivity contribution in [3.05, 3.63) is 48.3 Å². The van der Waals surface area contributed by atoms with Crippen LogP contribution in [0.2, 0.25) is 0 Å². The molecule has 0 saturated carbocycles. The maximum Gasteiger partial charge on any atom is 0.224 e. The predicted octanol–water partition coefficient (Wildman–Crippen LogP) is 2.07. The summed E-state index contributed by atoms with van der Waals surface area (Å²) in [5.74, 6) is 1.53. The Morgan fingerprint density at radius 1 is 1.33 bits per heavy atom. The van der Waals surface area contributed by atoms with Crippen LogP contribution in [0.5, 0.6) is 0 Å². The number of nitrogens with zero attached hydrogens (tertiary/aromatic N) is 4. The van der Waals surface area contributed by atoms with Gasteiger partial charge in [0.15, 0.2) is 0 Å². The minimum absolute atomic E-state index is 0.175. The fraction of sp³-hybridized carbons (Fsp3) is 0.500. The lowest BCUT2D eigenvalue weighted by atomic mass is 9.96. The van der Waals surface area contributed by atoms with Crippen LogP contribution in [-0.2, 0) is 16.1 Å². The predicted molar refractivity (Wildman–Crippen MR) is 90.6 cm³/mol. The molecule has 0 radical (unpaired) electrons. The summed E-state index contributed by atoms with van der Waals surface area (Å²) in [7, 11) is 1.63. The summed E-state index contributed by atoms with van der Waals surface area (Å²) >= 11 is 0. The minimum Gasteiger partial charge on any atom is -0.384 e. The first-order chi connectivity index (χ1) is 11.8. The second-order valence-corrected chi connectivity index (χ2v) is 6.19. The summed E-state index contributed by atoms with van der Waals surface area (Å²) < 4.78 is 7.20. The molecule has 0 aromatic carbocycles. The molecule has 0 N–H and O–H groups in total. The lowest BCUT2D eigenvalue weighted by molar-refractivity contribution is -0.133. The zero-order valence-corrected chi connectivity index (χ0v) is 14.1. The van der Waals surface area contributed by atoms with Gasteiger partial charge in [0.1, 0.15) is 5.82 Å². The standard InChI is InChI=1S/C18H24N4O2/c1-24-12-6-17(23)21-10-2-3-16(14-21)18-20-9-11-22(18)13-15-4-7-19-8-5-15/h4-5,7-9,11,16H,2-3,6,10,12-14H2,1H3. The van der Waals surface area contributed by atoms with E-state index in [4.69, 9.17) is 4.74 Å². The van der Waals surface area contributed by atoms with Gasteiger partial charge in [-0.1, -0.05) is 0 Å². The number of hydrogen-bond donors (Lipinski definition) is 0. The third kappa shape index (κ3) is 4.00. The molecule has 1 amide bonds. The number of ether oxygens (including phenoxy) is 1. The van der Waals surface area contributed by atoms with Crippen molar-refractivity contribution in [1.82, 2.24) is 19.4 Å². The van der Waals surface area contributed by atoms with Crippen LogP contribution in [0.3, 0.4) is 0 Å². The number of carbonyl (C=O) groups is 1. The van der Waals surface area contributed by atoms with Crippen molar-refractivity contribution in [3.8, 4) is 0 Å². The van der Waals surface area contributed by atoms with Crippen LogP contribution in [-0.4, -0.2) is 52.1 Å². The molecular formula is C18H24N4O2. The Bertz CT molecular complexity index is 656. The highest BCUT2D eigenvalue weighted by Gasteiger charge is 2.27. The SMILES string of the molecule is COCCC(=O)N1CCCC(c2nccn2Cc2ccncc2)C1. The van der Waals surface area contributed by atoms with Gasteiger partial charge in [0.2, 0.25) is 5.91 Å². The van der Waals surface area contributed by atoms with Crippen molar-refractivity contribution >= 4 is 5.91 Å². The lowest BCUT2D eigenvalue weighted by Crippen LogP contribution is -2.40. The van der Waals surface area contributed by atoms with Gasteiger partial charge in [-0.15, -0.1) is 0 Å². The van der Waals surface area contributed by atoms with Gasteiger partial charge in [0.05, 0.1) is 13.0 Å². The van der Waals surface area contributed by atoms with Crippen molar-refractivity contribution in [1.29, 1.82) is 0 Å². The Balaban J connectivity index is 1.68. The molecule has 1 aliphatic heterocycles. The van der Waals surface area contributed by atoms with E-state index >= 15 is 0 Å². The van der Waals surface area contributed by atoms with E-state index in [9.17, 15) is 4.79 Å². The number of likely N-dealkylation sites (tertiary alicyclic amines) is 1. The van der Waals surface area contributed by atoms with Gasteiger partial charge >= 0.3 is 0 Å². The van der Waals surface area contributed by atoms with Gasteiger partial charge < -0.3 is 14.2 Å². The van der Waals surface area contributed by atoms with Crippen molar-refractivity contribution < 1.29 is 9.53 Å². The fourth-order valence-corrected chi connectivity index (χ4v) is 3.26. The summed E-state index contributed by atoms with van der Waals surface area (Å²) in [6, 6.07) is 4.04. The molecule has 1 atom stereocenters. The molecule has 0 spiro atoms. The fourth-order valence-electron chi connectivity index (χ4n) is 3.26. The molecule has 1 aliphatic rings. The molecule has 6 nitrogen and oxygen atoms in total. The van der Waals surface area contributed by atoms with Gasteiger partial charge in [0, 0.05) is 57.4 Å². The number of amides is 1. The number of imidazole rings is 1. The van der Waals surface area contributed by atoms with Gasteiger partial charge in [0.25, 0.3) is 0 Å². The third-order valence-electron chi connectivity index (χ3n) is 4.51. The quantitative estimate of drug-likeness (QED) is 0.814. The summed E-state index contributed by atoms with van der Waals surface area (Å²) in [5.41, 5.74) is 1.20. The van der Waals surface area contributed by atoms with Crippen LogP contribution >= 0.6 is 0 Å². The Morgan fingerprint density at radius 3 is 2.96 bits per heavy atom. The molecule has 3 heterocycles. The molecule has 2 aromatic heterocycles. The molecule has 3 rings (SSSR count). The molecule has 1 fully saturated rings. The van der Waals surface area contributed by atoms with Crippen molar-refractivity contribution in [2.45, 2.75) is 31.7 Å². The first-order valence-electron chi connectivity index (χ1n) is 8.44. The Labute approximate surface area is 142 Å².